The Labute approximate surface area is 161 Å². The number of likely N-dealkylation sites (tertiary alicyclic amines) is 2. The van der Waals surface area contributed by atoms with Gasteiger partial charge in [0, 0.05) is 49.0 Å². The smallest absolute Gasteiger partial charge is 0.236 e. The molecule has 1 aromatic carbocycles. The summed E-state index contributed by atoms with van der Waals surface area (Å²) >= 11 is 0. The summed E-state index contributed by atoms with van der Waals surface area (Å²) in [6.45, 7) is 7.80. The van der Waals surface area contributed by atoms with Gasteiger partial charge in [-0.1, -0.05) is 6.07 Å². The molecule has 2 fully saturated rings. The molecule has 2 aliphatic rings. The first kappa shape index (κ1) is 18.2. The van der Waals surface area contributed by atoms with E-state index < -0.39 is 0 Å². The van der Waals surface area contributed by atoms with E-state index in [2.05, 4.69) is 52.1 Å². The van der Waals surface area contributed by atoms with Crippen LogP contribution in [0, 0.1) is 6.92 Å². The van der Waals surface area contributed by atoms with E-state index in [0.717, 1.165) is 50.8 Å². The molecular formula is C22H30N4O. The third kappa shape index (κ3) is 3.93. The van der Waals surface area contributed by atoms with Gasteiger partial charge in [0.15, 0.2) is 0 Å². The van der Waals surface area contributed by atoms with Crippen LogP contribution in [0.4, 0.5) is 5.69 Å². The SMILES string of the molecule is Cc1ccc2ncccc2c1NC1CCN(CC(=O)N2CCC[C@H]2C)CC1. The highest BCUT2D eigenvalue weighted by Crippen LogP contribution is 2.28. The normalized spacial score (nSPS) is 21.7. The number of amides is 1. The molecule has 5 heteroatoms. The molecule has 1 amide bonds. The first-order valence-electron chi connectivity index (χ1n) is 10.2. The molecular weight excluding hydrogens is 336 g/mol. The first-order valence-corrected chi connectivity index (χ1v) is 10.2. The summed E-state index contributed by atoms with van der Waals surface area (Å²) < 4.78 is 0. The number of pyridine rings is 1. The molecule has 1 N–H and O–H groups in total. The molecule has 1 atom stereocenters. The largest absolute Gasteiger partial charge is 0.381 e. The number of carbonyl (C=O) groups excluding carboxylic acids is 1. The van der Waals surface area contributed by atoms with E-state index in [1.54, 1.807) is 0 Å². The maximum Gasteiger partial charge on any atom is 0.236 e. The molecule has 4 rings (SSSR count). The minimum Gasteiger partial charge on any atom is -0.381 e. The molecule has 0 saturated carbocycles. The lowest BCUT2D eigenvalue weighted by Crippen LogP contribution is -2.46. The molecule has 0 bridgehead atoms. The van der Waals surface area contributed by atoms with Crippen LogP contribution in [0.1, 0.15) is 38.2 Å². The van der Waals surface area contributed by atoms with Crippen LogP contribution < -0.4 is 5.32 Å². The number of anilines is 1. The minimum absolute atomic E-state index is 0.308. The summed E-state index contributed by atoms with van der Waals surface area (Å²) in [5, 5.41) is 4.96. The fourth-order valence-corrected chi connectivity index (χ4v) is 4.48. The van der Waals surface area contributed by atoms with E-state index in [4.69, 9.17) is 0 Å². The topological polar surface area (TPSA) is 48.5 Å². The minimum atomic E-state index is 0.308. The van der Waals surface area contributed by atoms with Crippen molar-refractivity contribution in [3.63, 3.8) is 0 Å². The van der Waals surface area contributed by atoms with Crippen LogP contribution in [-0.4, -0.2) is 59.0 Å². The number of rotatable bonds is 4. The van der Waals surface area contributed by atoms with Crippen LogP contribution in [0.25, 0.3) is 10.9 Å². The van der Waals surface area contributed by atoms with E-state index in [0.29, 0.717) is 24.5 Å². The highest BCUT2D eigenvalue weighted by Gasteiger charge is 2.28. The molecule has 2 aliphatic heterocycles. The number of nitrogens with zero attached hydrogens (tertiary/aromatic N) is 3. The Morgan fingerprint density at radius 2 is 2.00 bits per heavy atom. The summed E-state index contributed by atoms with van der Waals surface area (Å²) in [4.78, 5) is 21.4. The van der Waals surface area contributed by atoms with Crippen LogP contribution >= 0.6 is 0 Å². The lowest BCUT2D eigenvalue weighted by molar-refractivity contribution is -0.133. The molecule has 0 radical (unpaired) electrons. The Morgan fingerprint density at radius 3 is 2.74 bits per heavy atom. The van der Waals surface area contributed by atoms with Gasteiger partial charge in [0.2, 0.25) is 5.91 Å². The zero-order chi connectivity index (χ0) is 18.8. The average molecular weight is 367 g/mol. The predicted octanol–water partition coefficient (Wildman–Crippen LogP) is 3.43. The van der Waals surface area contributed by atoms with Crippen molar-refractivity contribution >= 4 is 22.5 Å². The lowest BCUT2D eigenvalue weighted by Gasteiger charge is -2.34. The summed E-state index contributed by atoms with van der Waals surface area (Å²) in [7, 11) is 0. The second-order valence-electron chi connectivity index (χ2n) is 8.10. The number of piperidine rings is 1. The lowest BCUT2D eigenvalue weighted by atomic mass is 10.0. The molecule has 2 aromatic rings. The third-order valence-corrected chi connectivity index (χ3v) is 6.16. The van der Waals surface area contributed by atoms with Gasteiger partial charge >= 0.3 is 0 Å². The van der Waals surface area contributed by atoms with Crippen molar-refractivity contribution < 1.29 is 4.79 Å². The van der Waals surface area contributed by atoms with Crippen LogP contribution in [-0.2, 0) is 4.79 Å². The van der Waals surface area contributed by atoms with E-state index in [9.17, 15) is 4.79 Å². The van der Waals surface area contributed by atoms with Crippen LogP contribution in [0.2, 0.25) is 0 Å². The van der Waals surface area contributed by atoms with Crippen molar-refractivity contribution in [3.05, 3.63) is 36.0 Å². The number of fused-ring (bicyclic) bond motifs is 1. The molecule has 0 unspecified atom stereocenters. The second-order valence-corrected chi connectivity index (χ2v) is 8.10. The number of benzene rings is 1. The highest BCUT2D eigenvalue weighted by molar-refractivity contribution is 5.93. The van der Waals surface area contributed by atoms with Gasteiger partial charge < -0.3 is 10.2 Å². The van der Waals surface area contributed by atoms with Gasteiger partial charge in [-0.25, -0.2) is 0 Å². The number of aromatic nitrogens is 1. The van der Waals surface area contributed by atoms with Gasteiger partial charge in [0.05, 0.1) is 12.1 Å². The van der Waals surface area contributed by atoms with Crippen LogP contribution in [0.5, 0.6) is 0 Å². The Bertz CT molecular complexity index is 813. The molecule has 27 heavy (non-hydrogen) atoms. The standard InChI is InChI=1S/C22H30N4O/c1-16-7-8-20-19(6-3-11-23-20)22(16)24-18-9-13-25(14-10-18)15-21(27)26-12-4-5-17(26)2/h3,6-8,11,17-18,24H,4-5,9-10,12-15H2,1-2H3/t17-/m1/s1. The van der Waals surface area contributed by atoms with Crippen LogP contribution in [0.15, 0.2) is 30.5 Å². The maximum atomic E-state index is 12.5. The van der Waals surface area contributed by atoms with Crippen molar-refractivity contribution in [2.45, 2.75) is 51.6 Å². The summed E-state index contributed by atoms with van der Waals surface area (Å²) in [6.07, 6.45) is 6.28. The van der Waals surface area contributed by atoms with Crippen molar-refractivity contribution in [3.8, 4) is 0 Å². The van der Waals surface area contributed by atoms with E-state index in [1.165, 1.54) is 16.6 Å². The average Bonchev–Trinajstić information content (AvgIpc) is 3.11. The van der Waals surface area contributed by atoms with Gasteiger partial charge in [0.25, 0.3) is 0 Å². The third-order valence-electron chi connectivity index (χ3n) is 6.16. The zero-order valence-electron chi connectivity index (χ0n) is 16.4. The monoisotopic (exact) mass is 366 g/mol. The number of nitrogens with one attached hydrogen (secondary N) is 1. The van der Waals surface area contributed by atoms with Gasteiger partial charge in [0.1, 0.15) is 0 Å². The first-order chi connectivity index (χ1) is 13.1. The molecule has 0 aliphatic carbocycles. The Balaban J connectivity index is 1.35. The van der Waals surface area contributed by atoms with Crippen molar-refractivity contribution in [1.29, 1.82) is 0 Å². The van der Waals surface area contributed by atoms with Crippen LogP contribution in [0.3, 0.4) is 0 Å². The van der Waals surface area contributed by atoms with E-state index in [-0.39, 0.29) is 0 Å². The molecule has 0 spiro atoms. The van der Waals surface area contributed by atoms with Crippen molar-refractivity contribution in [2.75, 3.05) is 31.5 Å². The quantitative estimate of drug-likeness (QED) is 0.901. The highest BCUT2D eigenvalue weighted by atomic mass is 16.2. The Hall–Kier alpha value is -2.14. The van der Waals surface area contributed by atoms with Crippen molar-refractivity contribution in [1.82, 2.24) is 14.8 Å². The predicted molar refractivity (Wildman–Crippen MR) is 110 cm³/mol. The van der Waals surface area contributed by atoms with Gasteiger partial charge in [-0.3, -0.25) is 14.7 Å². The number of hydrogen-bond acceptors (Lipinski definition) is 4. The van der Waals surface area contributed by atoms with Crippen molar-refractivity contribution in [2.24, 2.45) is 0 Å². The fraction of sp³-hybridized carbons (Fsp3) is 0.545. The molecule has 5 nitrogen and oxygen atoms in total. The van der Waals surface area contributed by atoms with E-state index in [1.807, 2.05) is 12.3 Å². The van der Waals surface area contributed by atoms with Gasteiger partial charge in [-0.05, 0) is 63.3 Å². The van der Waals surface area contributed by atoms with E-state index >= 15 is 0 Å². The number of aryl methyl sites for hydroxylation is 1. The second kappa shape index (κ2) is 7.85. The summed E-state index contributed by atoms with van der Waals surface area (Å²) in [5.41, 5.74) is 3.51. The molecule has 2 saturated heterocycles. The maximum absolute atomic E-state index is 12.5. The fourth-order valence-electron chi connectivity index (χ4n) is 4.48. The van der Waals surface area contributed by atoms with Gasteiger partial charge in [-0.15, -0.1) is 0 Å². The van der Waals surface area contributed by atoms with Gasteiger partial charge in [-0.2, -0.15) is 0 Å². The zero-order valence-corrected chi connectivity index (χ0v) is 16.4. The Kier molecular flexibility index (Phi) is 5.30. The number of hydrogen-bond donors (Lipinski definition) is 1. The number of carbonyl (C=O) groups is 1. The molecule has 1 aromatic heterocycles. The molecule has 3 heterocycles. The molecule has 144 valence electrons. The summed E-state index contributed by atoms with van der Waals surface area (Å²) in [5.74, 6) is 0.308. The summed E-state index contributed by atoms with van der Waals surface area (Å²) in [6, 6.07) is 9.24. The Morgan fingerprint density at radius 1 is 1.19 bits per heavy atom.